The highest BCUT2D eigenvalue weighted by Gasteiger charge is 2.49. The number of hydrogen-bond donors (Lipinski definition) is 0. The van der Waals surface area contributed by atoms with Crippen LogP contribution in [0, 0.1) is 5.92 Å². The average molecular weight is 591 g/mol. The molecule has 0 aromatic carbocycles. The Morgan fingerprint density at radius 1 is 1.22 bits per heavy atom. The molecule has 0 aromatic heterocycles. The van der Waals surface area contributed by atoms with Crippen molar-refractivity contribution in [1.82, 2.24) is 0 Å². The summed E-state index contributed by atoms with van der Waals surface area (Å²) in [6.07, 6.45) is 8.64. The topological polar surface area (TPSA) is 86.3 Å². The molecule has 0 N–H and O–H groups in total. The third-order valence-electron chi connectivity index (χ3n) is 7.50. The zero-order valence-electron chi connectivity index (χ0n) is 23.3. The molecule has 1 rings (SSSR count). The van der Waals surface area contributed by atoms with Crippen molar-refractivity contribution in [2.75, 3.05) is 21.3 Å². The van der Waals surface area contributed by atoms with Crippen LogP contribution in [0.15, 0.2) is 34.9 Å². The van der Waals surface area contributed by atoms with Gasteiger partial charge < -0.3 is 33.3 Å². The van der Waals surface area contributed by atoms with Crippen LogP contribution in [0.5, 0.6) is 0 Å². The Labute approximate surface area is 227 Å². The zero-order chi connectivity index (χ0) is 27.4. The molecule has 0 bridgehead atoms. The second kappa shape index (κ2) is 16.2. The van der Waals surface area contributed by atoms with Crippen molar-refractivity contribution in [3.63, 3.8) is 0 Å². The van der Waals surface area contributed by atoms with Crippen molar-refractivity contribution < 1.29 is 33.3 Å². The highest BCUT2D eigenvalue weighted by atomic mass is 79.9. The van der Waals surface area contributed by atoms with Crippen LogP contribution >= 0.6 is 15.9 Å². The number of halogens is 1. The van der Waals surface area contributed by atoms with Gasteiger partial charge in [-0.15, -0.1) is 0 Å². The van der Waals surface area contributed by atoms with Crippen LogP contribution in [-0.2, 0) is 28.2 Å². The van der Waals surface area contributed by atoms with Gasteiger partial charge in [0.15, 0.2) is 14.1 Å². The third-order valence-corrected chi connectivity index (χ3v) is 12.5. The monoisotopic (exact) mass is 589 g/mol. The molecule has 1 heterocycles. The van der Waals surface area contributed by atoms with Gasteiger partial charge in [-0.05, 0) is 36.5 Å². The van der Waals surface area contributed by atoms with E-state index in [1.807, 2.05) is 30.1 Å². The first-order valence-corrected chi connectivity index (χ1v) is 16.3. The van der Waals surface area contributed by atoms with E-state index in [9.17, 15) is 9.90 Å². The van der Waals surface area contributed by atoms with Gasteiger partial charge in [-0.3, -0.25) is 0 Å². The van der Waals surface area contributed by atoms with Crippen molar-refractivity contribution in [2.45, 2.75) is 102 Å². The Bertz CT molecular complexity index is 744. The fourth-order valence-corrected chi connectivity index (χ4v) is 7.69. The Morgan fingerprint density at radius 2 is 1.86 bits per heavy atom. The first-order chi connectivity index (χ1) is 17.1. The van der Waals surface area contributed by atoms with Gasteiger partial charge >= 0.3 is 0 Å². The number of hydrogen-bond acceptors (Lipinski definition) is 7. The van der Waals surface area contributed by atoms with Crippen LogP contribution in [-0.4, -0.2) is 65.8 Å². The number of rotatable bonds is 16. The highest BCUT2D eigenvalue weighted by Crippen LogP contribution is 2.40. The molecule has 0 spiro atoms. The Hall–Kier alpha value is -0.813. The SMILES string of the molecule is CC[Si](CC)(CC)O[C@H](C=C(C)C=C[C@@H](CC=CBr)OC)[C@H]1C[C@@H](OC)C[C@@](OC)(C(C)C(=O)[O-])O1. The highest BCUT2D eigenvalue weighted by molar-refractivity contribution is 9.11. The van der Waals surface area contributed by atoms with Crippen molar-refractivity contribution in [1.29, 1.82) is 0 Å². The minimum Gasteiger partial charge on any atom is -0.550 e. The average Bonchev–Trinajstić information content (AvgIpc) is 2.90. The number of carboxylic acids is 1. The summed E-state index contributed by atoms with van der Waals surface area (Å²) >= 11 is 3.30. The van der Waals surface area contributed by atoms with Gasteiger partial charge in [0.2, 0.25) is 0 Å². The summed E-state index contributed by atoms with van der Waals surface area (Å²) in [4.78, 5) is 13.7. The second-order valence-electron chi connectivity index (χ2n) is 9.48. The van der Waals surface area contributed by atoms with Gasteiger partial charge in [-0.1, -0.05) is 73.5 Å². The summed E-state index contributed by atoms with van der Waals surface area (Å²) in [5, 5.41) is 11.9. The molecule has 1 saturated heterocycles. The molecule has 6 atom stereocenters. The predicted molar refractivity (Wildman–Crippen MR) is 147 cm³/mol. The number of aliphatic carboxylic acids is 1. The van der Waals surface area contributed by atoms with Crippen molar-refractivity contribution in [3.8, 4) is 0 Å². The molecule has 0 aliphatic carbocycles. The lowest BCUT2D eigenvalue weighted by Gasteiger charge is -2.49. The molecule has 0 amide bonds. The largest absolute Gasteiger partial charge is 0.550 e. The summed E-state index contributed by atoms with van der Waals surface area (Å²) in [7, 11) is 2.76. The summed E-state index contributed by atoms with van der Waals surface area (Å²) in [5.41, 5.74) is 1.01. The van der Waals surface area contributed by atoms with Crippen molar-refractivity contribution >= 4 is 30.2 Å². The van der Waals surface area contributed by atoms with E-state index in [4.69, 9.17) is 23.4 Å². The van der Waals surface area contributed by atoms with Crippen LogP contribution < -0.4 is 5.11 Å². The molecular weight excluding hydrogens is 544 g/mol. The minimum atomic E-state index is -2.04. The summed E-state index contributed by atoms with van der Waals surface area (Å²) in [6, 6.07) is 2.94. The maximum atomic E-state index is 11.9. The fraction of sp³-hybridized carbons (Fsp3) is 0.741. The maximum Gasteiger partial charge on any atom is 0.193 e. The molecule has 208 valence electrons. The van der Waals surface area contributed by atoms with E-state index in [2.05, 4.69) is 42.8 Å². The molecule has 1 aliphatic heterocycles. The predicted octanol–water partition coefficient (Wildman–Crippen LogP) is 5.12. The number of allylic oxidation sites excluding steroid dienone is 2. The van der Waals surface area contributed by atoms with Crippen LogP contribution in [0.4, 0.5) is 0 Å². The van der Waals surface area contributed by atoms with Gasteiger partial charge in [0.1, 0.15) is 0 Å². The van der Waals surface area contributed by atoms with E-state index in [0.717, 1.165) is 30.1 Å². The van der Waals surface area contributed by atoms with Crippen LogP contribution in [0.25, 0.3) is 0 Å². The van der Waals surface area contributed by atoms with Gasteiger partial charge in [-0.25, -0.2) is 0 Å². The zero-order valence-corrected chi connectivity index (χ0v) is 25.8. The molecule has 9 heteroatoms. The second-order valence-corrected chi connectivity index (χ2v) is 14.7. The normalized spacial score (nSPS) is 26.4. The molecule has 0 radical (unpaired) electrons. The van der Waals surface area contributed by atoms with E-state index in [1.54, 1.807) is 21.1 Å². The molecule has 1 fully saturated rings. The lowest BCUT2D eigenvalue weighted by atomic mass is 9.87. The van der Waals surface area contributed by atoms with Gasteiger partial charge in [-0.2, -0.15) is 0 Å². The fourth-order valence-electron chi connectivity index (χ4n) is 4.68. The lowest BCUT2D eigenvalue weighted by molar-refractivity contribution is -0.352. The number of carboxylic acid groups (broad SMARTS) is 1. The molecule has 0 saturated carbocycles. The smallest absolute Gasteiger partial charge is 0.193 e. The van der Waals surface area contributed by atoms with Crippen LogP contribution in [0.3, 0.4) is 0 Å². The van der Waals surface area contributed by atoms with E-state index in [-0.39, 0.29) is 18.3 Å². The minimum absolute atomic E-state index is 0.0502. The number of carbonyl (C=O) groups excluding carboxylic acids is 1. The van der Waals surface area contributed by atoms with E-state index in [1.165, 1.54) is 7.11 Å². The molecule has 7 nitrogen and oxygen atoms in total. The van der Waals surface area contributed by atoms with E-state index < -0.39 is 32.1 Å². The first-order valence-electron chi connectivity index (χ1n) is 12.9. The molecule has 0 aromatic rings. The van der Waals surface area contributed by atoms with E-state index >= 15 is 0 Å². The van der Waals surface area contributed by atoms with Gasteiger partial charge in [0, 0.05) is 46.1 Å². The molecular formula is C27H46BrO7Si-. The van der Waals surface area contributed by atoms with Gasteiger partial charge in [0.25, 0.3) is 0 Å². The van der Waals surface area contributed by atoms with Crippen LogP contribution in [0.1, 0.15) is 53.9 Å². The van der Waals surface area contributed by atoms with E-state index in [0.29, 0.717) is 12.8 Å². The molecule has 1 unspecified atom stereocenters. The van der Waals surface area contributed by atoms with Gasteiger partial charge in [0.05, 0.1) is 24.4 Å². The Morgan fingerprint density at radius 3 is 2.33 bits per heavy atom. The summed E-state index contributed by atoms with van der Waals surface area (Å²) in [6.45, 7) is 10.1. The first kappa shape index (κ1) is 33.2. The Kier molecular flexibility index (Phi) is 15.0. The third kappa shape index (κ3) is 9.18. The number of methoxy groups -OCH3 is 3. The van der Waals surface area contributed by atoms with Crippen LogP contribution in [0.2, 0.25) is 18.1 Å². The molecule has 1 aliphatic rings. The standard InChI is InChI=1S/C27H47BrO7Si/c1-9-36(10-2,11-3)35-25(17-20(4)14-15-22(31-6)13-12-16-28)24-18-23(32-7)19-27(33-8,34-24)21(5)26(29)30/h12,14-17,21-25H,9-11,13,18-19H2,1-8H3,(H,29,30)/p-1/t21?,22-,23-,24-,25-,27+/m1/s1. The molecule has 36 heavy (non-hydrogen) atoms. The Balaban J connectivity index is 3.44. The lowest BCUT2D eigenvalue weighted by Crippen LogP contribution is -2.59. The van der Waals surface area contributed by atoms with Crippen molar-refractivity contribution in [2.24, 2.45) is 5.92 Å². The maximum absolute atomic E-state index is 11.9. The number of carbonyl (C=O) groups is 1. The quantitative estimate of drug-likeness (QED) is 0.182. The summed E-state index contributed by atoms with van der Waals surface area (Å²) < 4.78 is 30.4. The number of ether oxygens (including phenoxy) is 4. The summed E-state index contributed by atoms with van der Waals surface area (Å²) in [5.74, 6) is -3.56. The van der Waals surface area contributed by atoms with Crippen molar-refractivity contribution in [3.05, 3.63) is 34.9 Å².